The molecule has 1 fully saturated rings. The van der Waals surface area contributed by atoms with Gasteiger partial charge in [-0.3, -0.25) is 9.69 Å². The number of carbonyl (C=O) groups is 1. The number of aryl methyl sites for hydroxylation is 1. The highest BCUT2D eigenvalue weighted by atomic mass is 16.5. The van der Waals surface area contributed by atoms with Gasteiger partial charge in [0.1, 0.15) is 11.5 Å². The Morgan fingerprint density at radius 3 is 2.56 bits per heavy atom. The maximum atomic E-state index is 12.6. The van der Waals surface area contributed by atoms with Crippen LogP contribution in [0.15, 0.2) is 42.5 Å². The summed E-state index contributed by atoms with van der Waals surface area (Å²) in [5.41, 5.74) is 3.20. The summed E-state index contributed by atoms with van der Waals surface area (Å²) in [7, 11) is 3.31. The van der Waals surface area contributed by atoms with E-state index in [1.807, 2.05) is 42.2 Å². The number of nitrogens with zero attached hydrogens (tertiary/aromatic N) is 2. The zero-order chi connectivity index (χ0) is 17.8. The molecule has 5 nitrogen and oxygen atoms in total. The fourth-order valence-electron chi connectivity index (χ4n) is 3.21. The molecular weight excluding hydrogens is 316 g/mol. The van der Waals surface area contributed by atoms with Gasteiger partial charge < -0.3 is 14.4 Å². The van der Waals surface area contributed by atoms with Gasteiger partial charge in [-0.15, -0.1) is 0 Å². The van der Waals surface area contributed by atoms with E-state index in [4.69, 9.17) is 9.47 Å². The molecule has 0 saturated carbocycles. The Balaban J connectivity index is 1.65. The highest BCUT2D eigenvalue weighted by Crippen LogP contribution is 2.24. The largest absolute Gasteiger partial charge is 0.497 e. The van der Waals surface area contributed by atoms with Crippen LogP contribution in [0.1, 0.15) is 11.1 Å². The zero-order valence-electron chi connectivity index (χ0n) is 15.0. The smallest absolute Gasteiger partial charge is 0.241 e. The third-order valence-electron chi connectivity index (χ3n) is 4.53. The predicted molar refractivity (Wildman–Crippen MR) is 98.4 cm³/mol. The number of hydrogen-bond donors (Lipinski definition) is 0. The molecule has 0 unspecified atom stereocenters. The summed E-state index contributed by atoms with van der Waals surface area (Å²) in [6, 6.07) is 13.8. The van der Waals surface area contributed by atoms with E-state index in [0.717, 1.165) is 35.8 Å². The molecule has 0 N–H and O–H groups in total. The lowest BCUT2D eigenvalue weighted by atomic mass is 10.1. The quantitative estimate of drug-likeness (QED) is 0.839. The van der Waals surface area contributed by atoms with Gasteiger partial charge in [-0.25, -0.2) is 0 Å². The minimum Gasteiger partial charge on any atom is -0.497 e. The van der Waals surface area contributed by atoms with Crippen LogP contribution < -0.4 is 14.4 Å². The van der Waals surface area contributed by atoms with Gasteiger partial charge in [0, 0.05) is 31.4 Å². The van der Waals surface area contributed by atoms with Crippen LogP contribution in [-0.2, 0) is 11.3 Å². The Morgan fingerprint density at radius 1 is 1.04 bits per heavy atom. The van der Waals surface area contributed by atoms with Gasteiger partial charge in [0.2, 0.25) is 5.91 Å². The van der Waals surface area contributed by atoms with Crippen molar-refractivity contribution < 1.29 is 14.3 Å². The average Bonchev–Trinajstić information content (AvgIpc) is 2.62. The molecule has 2 aromatic rings. The maximum absolute atomic E-state index is 12.6. The molecular formula is C20H24N2O3. The van der Waals surface area contributed by atoms with Gasteiger partial charge in [0.15, 0.2) is 0 Å². The van der Waals surface area contributed by atoms with Gasteiger partial charge in [-0.05, 0) is 36.2 Å². The van der Waals surface area contributed by atoms with Crippen molar-refractivity contribution in [3.63, 3.8) is 0 Å². The molecule has 0 spiro atoms. The van der Waals surface area contributed by atoms with Gasteiger partial charge >= 0.3 is 0 Å². The lowest BCUT2D eigenvalue weighted by molar-refractivity contribution is -0.121. The Hall–Kier alpha value is -2.53. The first-order chi connectivity index (χ1) is 12.1. The normalized spacial score (nSPS) is 15.3. The number of rotatable bonds is 5. The maximum Gasteiger partial charge on any atom is 0.241 e. The summed E-state index contributed by atoms with van der Waals surface area (Å²) in [4.78, 5) is 16.6. The number of ether oxygens (including phenoxy) is 2. The molecule has 0 atom stereocenters. The van der Waals surface area contributed by atoms with Crippen molar-refractivity contribution in [3.8, 4) is 11.5 Å². The molecule has 5 heteroatoms. The summed E-state index contributed by atoms with van der Waals surface area (Å²) >= 11 is 0. The van der Waals surface area contributed by atoms with Crippen molar-refractivity contribution in [3.05, 3.63) is 53.6 Å². The van der Waals surface area contributed by atoms with E-state index in [9.17, 15) is 4.79 Å². The highest BCUT2D eigenvalue weighted by molar-refractivity contribution is 5.95. The standard InChI is InChI=1S/C20H24N2O3/c1-15-11-16(7-8-19(15)25-3)13-21-9-10-22(20(23)14-21)17-5-4-6-18(12-17)24-2/h4-8,11-12H,9-10,13-14H2,1-3H3. The third kappa shape index (κ3) is 3.94. The molecule has 0 aromatic heterocycles. The Kier molecular flexibility index (Phi) is 5.24. The first-order valence-corrected chi connectivity index (χ1v) is 8.41. The zero-order valence-corrected chi connectivity index (χ0v) is 15.0. The fraction of sp³-hybridized carbons (Fsp3) is 0.350. The molecule has 1 aliphatic rings. The van der Waals surface area contributed by atoms with E-state index in [2.05, 4.69) is 17.0 Å². The first kappa shape index (κ1) is 17.3. The molecule has 3 rings (SSSR count). The van der Waals surface area contributed by atoms with Crippen LogP contribution in [0.25, 0.3) is 0 Å². The summed E-state index contributed by atoms with van der Waals surface area (Å²) in [6.07, 6.45) is 0. The lowest BCUT2D eigenvalue weighted by Gasteiger charge is -2.34. The summed E-state index contributed by atoms with van der Waals surface area (Å²) in [5.74, 6) is 1.77. The Morgan fingerprint density at radius 2 is 1.88 bits per heavy atom. The van der Waals surface area contributed by atoms with Crippen LogP contribution in [0.2, 0.25) is 0 Å². The number of amides is 1. The number of piperazine rings is 1. The second-order valence-corrected chi connectivity index (χ2v) is 6.26. The predicted octanol–water partition coefficient (Wildman–Crippen LogP) is 2.86. The van der Waals surface area contributed by atoms with Crippen molar-refractivity contribution in [2.24, 2.45) is 0 Å². The molecule has 0 aliphatic carbocycles. The summed E-state index contributed by atoms with van der Waals surface area (Å²) < 4.78 is 10.6. The Labute approximate surface area is 148 Å². The van der Waals surface area contributed by atoms with Crippen molar-refractivity contribution in [1.82, 2.24) is 4.90 Å². The van der Waals surface area contributed by atoms with E-state index < -0.39 is 0 Å². The molecule has 132 valence electrons. The second kappa shape index (κ2) is 7.57. The number of anilines is 1. The molecule has 1 aliphatic heterocycles. The van der Waals surface area contributed by atoms with Crippen LogP contribution in [0.4, 0.5) is 5.69 Å². The SMILES string of the molecule is COc1cccc(N2CCN(Cc3ccc(OC)c(C)c3)CC2=O)c1. The monoisotopic (exact) mass is 340 g/mol. The van der Waals surface area contributed by atoms with Crippen LogP contribution in [0, 0.1) is 6.92 Å². The first-order valence-electron chi connectivity index (χ1n) is 8.41. The van der Waals surface area contributed by atoms with Crippen LogP contribution in [-0.4, -0.2) is 44.7 Å². The summed E-state index contributed by atoms with van der Waals surface area (Å²) in [6.45, 7) is 4.74. The summed E-state index contributed by atoms with van der Waals surface area (Å²) in [5, 5.41) is 0. The topological polar surface area (TPSA) is 42.0 Å². The molecule has 1 amide bonds. The van der Waals surface area contributed by atoms with Crippen LogP contribution in [0.3, 0.4) is 0 Å². The van der Waals surface area contributed by atoms with Crippen LogP contribution in [0.5, 0.6) is 11.5 Å². The minimum atomic E-state index is 0.115. The highest BCUT2D eigenvalue weighted by Gasteiger charge is 2.25. The lowest BCUT2D eigenvalue weighted by Crippen LogP contribution is -2.50. The molecule has 1 heterocycles. The van der Waals surface area contributed by atoms with Gasteiger partial charge in [-0.2, -0.15) is 0 Å². The van der Waals surface area contributed by atoms with E-state index in [1.165, 1.54) is 5.56 Å². The molecule has 1 saturated heterocycles. The van der Waals surface area contributed by atoms with Crippen LogP contribution >= 0.6 is 0 Å². The molecule has 0 radical (unpaired) electrons. The molecule has 2 aromatic carbocycles. The number of carbonyl (C=O) groups excluding carboxylic acids is 1. The van der Waals surface area contributed by atoms with E-state index >= 15 is 0 Å². The van der Waals surface area contributed by atoms with Crippen molar-refractivity contribution >= 4 is 11.6 Å². The van der Waals surface area contributed by atoms with Gasteiger partial charge in [0.25, 0.3) is 0 Å². The van der Waals surface area contributed by atoms with E-state index in [0.29, 0.717) is 13.1 Å². The van der Waals surface area contributed by atoms with Gasteiger partial charge in [0.05, 0.1) is 20.8 Å². The second-order valence-electron chi connectivity index (χ2n) is 6.26. The molecule has 25 heavy (non-hydrogen) atoms. The van der Waals surface area contributed by atoms with Crippen molar-refractivity contribution in [2.75, 3.05) is 38.8 Å². The number of hydrogen-bond acceptors (Lipinski definition) is 4. The minimum absolute atomic E-state index is 0.115. The van der Waals surface area contributed by atoms with Gasteiger partial charge in [-0.1, -0.05) is 18.2 Å². The average molecular weight is 340 g/mol. The number of methoxy groups -OCH3 is 2. The van der Waals surface area contributed by atoms with Crippen molar-refractivity contribution in [2.45, 2.75) is 13.5 Å². The van der Waals surface area contributed by atoms with Crippen molar-refractivity contribution in [1.29, 1.82) is 0 Å². The van der Waals surface area contributed by atoms with E-state index in [-0.39, 0.29) is 5.91 Å². The fourth-order valence-corrected chi connectivity index (χ4v) is 3.21. The number of benzene rings is 2. The van der Waals surface area contributed by atoms with E-state index in [1.54, 1.807) is 14.2 Å². The molecule has 0 bridgehead atoms. The Bertz CT molecular complexity index is 760. The third-order valence-corrected chi connectivity index (χ3v) is 4.53.